The first-order valence-corrected chi connectivity index (χ1v) is 7.20. The summed E-state index contributed by atoms with van der Waals surface area (Å²) in [5, 5.41) is 7.53. The molecule has 1 fully saturated rings. The maximum atomic E-state index is 5.36. The molecule has 1 saturated heterocycles. The number of nitrogens with one attached hydrogen (secondary N) is 1. The van der Waals surface area contributed by atoms with Gasteiger partial charge in [0.1, 0.15) is 0 Å². The van der Waals surface area contributed by atoms with Gasteiger partial charge in [-0.25, -0.2) is 0 Å². The summed E-state index contributed by atoms with van der Waals surface area (Å²) >= 11 is 1.95. The summed E-state index contributed by atoms with van der Waals surface area (Å²) in [6.07, 6.45) is 1.15. The summed E-state index contributed by atoms with van der Waals surface area (Å²) in [6.45, 7) is 3.23. The normalized spacial score (nSPS) is 24.2. The van der Waals surface area contributed by atoms with Gasteiger partial charge in [-0.2, -0.15) is 16.7 Å². The van der Waals surface area contributed by atoms with Crippen molar-refractivity contribution in [3.63, 3.8) is 0 Å². The van der Waals surface area contributed by atoms with Crippen molar-refractivity contribution in [1.29, 1.82) is 0 Å². The second-order valence-corrected chi connectivity index (χ2v) is 5.61. The summed E-state index contributed by atoms with van der Waals surface area (Å²) in [5.74, 6) is 3.98. The van der Waals surface area contributed by atoms with Crippen molar-refractivity contribution < 1.29 is 4.52 Å². The number of hydrogen-bond acceptors (Lipinski definition) is 6. The predicted molar refractivity (Wildman–Crippen MR) is 70.8 cm³/mol. The standard InChI is InChI=1S/C11H20N4OS/c1-4-5-12-9-7-17-6-8(9)10-13-11(14-16-10)15(2)3/h8-9,12H,4-7H2,1-3H3. The second kappa shape index (κ2) is 5.73. The van der Waals surface area contributed by atoms with Gasteiger partial charge in [-0.05, 0) is 18.1 Å². The third kappa shape index (κ3) is 2.93. The number of hydrogen-bond donors (Lipinski definition) is 1. The van der Waals surface area contributed by atoms with Crippen molar-refractivity contribution in [3.8, 4) is 0 Å². The Labute approximate surface area is 106 Å². The Balaban J connectivity index is 2.03. The molecule has 2 atom stereocenters. The highest BCUT2D eigenvalue weighted by molar-refractivity contribution is 7.99. The van der Waals surface area contributed by atoms with Gasteiger partial charge in [-0.3, -0.25) is 0 Å². The third-order valence-corrected chi connectivity index (χ3v) is 4.07. The maximum absolute atomic E-state index is 5.36. The van der Waals surface area contributed by atoms with Crippen LogP contribution in [0.1, 0.15) is 25.2 Å². The van der Waals surface area contributed by atoms with Crippen LogP contribution in [-0.4, -0.2) is 48.3 Å². The molecule has 1 aromatic heterocycles. The largest absolute Gasteiger partial charge is 0.344 e. The molecule has 0 aliphatic carbocycles. The number of anilines is 1. The lowest BCUT2D eigenvalue weighted by molar-refractivity contribution is 0.339. The Morgan fingerprint density at radius 1 is 1.47 bits per heavy atom. The third-order valence-electron chi connectivity index (χ3n) is 2.89. The molecule has 5 nitrogen and oxygen atoms in total. The fourth-order valence-electron chi connectivity index (χ4n) is 1.89. The molecule has 6 heteroatoms. The van der Waals surface area contributed by atoms with Crippen LogP contribution in [0.15, 0.2) is 4.52 Å². The molecule has 96 valence electrons. The van der Waals surface area contributed by atoms with Crippen molar-refractivity contribution in [2.45, 2.75) is 25.3 Å². The Morgan fingerprint density at radius 2 is 2.29 bits per heavy atom. The molecule has 0 bridgehead atoms. The van der Waals surface area contributed by atoms with E-state index in [0.717, 1.165) is 30.4 Å². The van der Waals surface area contributed by atoms with Gasteiger partial charge < -0.3 is 14.7 Å². The van der Waals surface area contributed by atoms with Gasteiger partial charge in [-0.15, -0.1) is 0 Å². The van der Waals surface area contributed by atoms with Crippen LogP contribution in [0.25, 0.3) is 0 Å². The molecule has 1 aromatic rings. The van der Waals surface area contributed by atoms with E-state index < -0.39 is 0 Å². The Kier molecular flexibility index (Phi) is 4.28. The van der Waals surface area contributed by atoms with E-state index in [4.69, 9.17) is 4.52 Å². The molecule has 0 aromatic carbocycles. The Morgan fingerprint density at radius 3 is 2.94 bits per heavy atom. The van der Waals surface area contributed by atoms with Crippen LogP contribution in [0.5, 0.6) is 0 Å². The maximum Gasteiger partial charge on any atom is 0.265 e. The van der Waals surface area contributed by atoms with Crippen LogP contribution in [0, 0.1) is 0 Å². The van der Waals surface area contributed by atoms with E-state index in [2.05, 4.69) is 22.4 Å². The molecular weight excluding hydrogens is 236 g/mol. The van der Waals surface area contributed by atoms with Crippen LogP contribution >= 0.6 is 11.8 Å². The van der Waals surface area contributed by atoms with Crippen LogP contribution in [0.2, 0.25) is 0 Å². The van der Waals surface area contributed by atoms with Gasteiger partial charge in [0.2, 0.25) is 5.89 Å². The minimum atomic E-state index is 0.354. The molecule has 2 heterocycles. The molecule has 0 saturated carbocycles. The lowest BCUT2D eigenvalue weighted by atomic mass is 10.0. The molecular formula is C11H20N4OS. The van der Waals surface area contributed by atoms with Gasteiger partial charge in [-0.1, -0.05) is 6.92 Å². The topological polar surface area (TPSA) is 54.2 Å². The van der Waals surface area contributed by atoms with Gasteiger partial charge in [0, 0.05) is 31.6 Å². The molecule has 1 N–H and O–H groups in total. The molecule has 2 unspecified atom stereocenters. The first kappa shape index (κ1) is 12.7. The number of rotatable bonds is 5. The molecule has 0 spiro atoms. The van der Waals surface area contributed by atoms with Crippen molar-refractivity contribution in [2.75, 3.05) is 37.0 Å². The van der Waals surface area contributed by atoms with Crippen LogP contribution < -0.4 is 10.2 Å². The van der Waals surface area contributed by atoms with Crippen LogP contribution in [0.4, 0.5) is 5.95 Å². The van der Waals surface area contributed by atoms with Gasteiger partial charge in [0.15, 0.2) is 0 Å². The summed E-state index contributed by atoms with van der Waals surface area (Å²) in [7, 11) is 3.84. The molecule has 0 radical (unpaired) electrons. The Hall–Kier alpha value is -0.750. The number of thioether (sulfide) groups is 1. The molecule has 17 heavy (non-hydrogen) atoms. The average Bonchev–Trinajstić information content (AvgIpc) is 2.94. The highest BCUT2D eigenvalue weighted by atomic mass is 32.2. The average molecular weight is 256 g/mol. The number of nitrogens with zero attached hydrogens (tertiary/aromatic N) is 3. The summed E-state index contributed by atoms with van der Waals surface area (Å²) < 4.78 is 5.36. The zero-order valence-electron chi connectivity index (χ0n) is 10.6. The minimum absolute atomic E-state index is 0.354. The van der Waals surface area contributed by atoms with Gasteiger partial charge in [0.05, 0.1) is 5.92 Å². The van der Waals surface area contributed by atoms with E-state index in [-0.39, 0.29) is 0 Å². The Bertz CT molecular complexity index is 355. The minimum Gasteiger partial charge on any atom is -0.344 e. The first-order chi connectivity index (χ1) is 8.22. The van der Waals surface area contributed by atoms with E-state index >= 15 is 0 Å². The van der Waals surface area contributed by atoms with E-state index in [1.165, 1.54) is 0 Å². The first-order valence-electron chi connectivity index (χ1n) is 6.04. The van der Waals surface area contributed by atoms with E-state index in [1.807, 2.05) is 30.8 Å². The summed E-state index contributed by atoms with van der Waals surface area (Å²) in [4.78, 5) is 6.31. The van der Waals surface area contributed by atoms with Gasteiger partial charge in [0.25, 0.3) is 5.95 Å². The molecule has 1 aliphatic rings. The molecule has 0 amide bonds. The van der Waals surface area contributed by atoms with E-state index in [1.54, 1.807) is 0 Å². The van der Waals surface area contributed by atoms with E-state index in [9.17, 15) is 0 Å². The smallest absolute Gasteiger partial charge is 0.265 e. The highest BCUT2D eigenvalue weighted by Gasteiger charge is 2.33. The predicted octanol–water partition coefficient (Wildman–Crippen LogP) is 1.33. The van der Waals surface area contributed by atoms with Crippen molar-refractivity contribution in [1.82, 2.24) is 15.5 Å². The fourth-order valence-corrected chi connectivity index (χ4v) is 3.26. The fraction of sp³-hybridized carbons (Fsp3) is 0.818. The summed E-state index contributed by atoms with van der Waals surface area (Å²) in [6, 6.07) is 0.468. The summed E-state index contributed by atoms with van der Waals surface area (Å²) in [5.41, 5.74) is 0. The van der Waals surface area contributed by atoms with Crippen molar-refractivity contribution in [2.24, 2.45) is 0 Å². The van der Waals surface area contributed by atoms with Crippen LogP contribution in [-0.2, 0) is 0 Å². The highest BCUT2D eigenvalue weighted by Crippen LogP contribution is 2.32. The zero-order valence-corrected chi connectivity index (χ0v) is 11.5. The lowest BCUT2D eigenvalue weighted by Gasteiger charge is -2.16. The monoisotopic (exact) mass is 256 g/mol. The van der Waals surface area contributed by atoms with Crippen molar-refractivity contribution in [3.05, 3.63) is 5.89 Å². The zero-order chi connectivity index (χ0) is 12.3. The molecule has 2 rings (SSSR count). The molecule has 1 aliphatic heterocycles. The van der Waals surface area contributed by atoms with Crippen molar-refractivity contribution >= 4 is 17.7 Å². The second-order valence-electron chi connectivity index (χ2n) is 4.53. The lowest BCUT2D eigenvalue weighted by Crippen LogP contribution is -2.34. The van der Waals surface area contributed by atoms with E-state index in [0.29, 0.717) is 17.9 Å². The van der Waals surface area contributed by atoms with Gasteiger partial charge >= 0.3 is 0 Å². The SMILES string of the molecule is CCCNC1CSCC1c1nc(N(C)C)no1. The van der Waals surface area contributed by atoms with Crippen LogP contribution in [0.3, 0.4) is 0 Å². The quantitative estimate of drug-likeness (QED) is 0.858. The number of aromatic nitrogens is 2.